The minimum atomic E-state index is -0.502. The summed E-state index contributed by atoms with van der Waals surface area (Å²) in [7, 11) is 0. The van der Waals surface area contributed by atoms with Crippen LogP contribution in [0.4, 0.5) is 15.8 Å². The van der Waals surface area contributed by atoms with Gasteiger partial charge >= 0.3 is 5.97 Å². The summed E-state index contributed by atoms with van der Waals surface area (Å²) in [6, 6.07) is 11.6. The quantitative estimate of drug-likeness (QED) is 0.404. The summed E-state index contributed by atoms with van der Waals surface area (Å²) in [6.07, 6.45) is 5.53. The molecule has 2 aromatic carbocycles. The van der Waals surface area contributed by atoms with Crippen LogP contribution in [0.1, 0.15) is 50.2 Å². The van der Waals surface area contributed by atoms with E-state index in [0.717, 1.165) is 91.7 Å². The molecule has 1 amide bonds. The number of hydrogen-bond acceptors (Lipinski definition) is 6. The van der Waals surface area contributed by atoms with Crippen molar-refractivity contribution in [2.75, 3.05) is 42.7 Å². The van der Waals surface area contributed by atoms with Gasteiger partial charge in [-0.05, 0) is 73.4 Å². The van der Waals surface area contributed by atoms with E-state index in [1.54, 1.807) is 23.5 Å². The van der Waals surface area contributed by atoms with Crippen LogP contribution in [0.15, 0.2) is 41.8 Å². The zero-order valence-corrected chi connectivity index (χ0v) is 22.7. The maximum atomic E-state index is 14.2. The van der Waals surface area contributed by atoms with Crippen molar-refractivity contribution in [1.29, 1.82) is 0 Å². The van der Waals surface area contributed by atoms with Crippen molar-refractivity contribution in [3.8, 4) is 0 Å². The molecule has 38 heavy (non-hydrogen) atoms. The topological polar surface area (TPSA) is 53.1 Å². The summed E-state index contributed by atoms with van der Waals surface area (Å²) in [5.41, 5.74) is 3.37. The van der Waals surface area contributed by atoms with E-state index in [1.807, 2.05) is 18.4 Å². The number of hydrogen-bond donors (Lipinski definition) is 0. The molecule has 8 heteroatoms. The van der Waals surface area contributed by atoms with E-state index in [1.165, 1.54) is 5.06 Å². The number of carbonyl (C=O) groups excluding carboxylic acids is 2. The molecule has 1 aliphatic carbocycles. The van der Waals surface area contributed by atoms with Gasteiger partial charge in [-0.2, -0.15) is 0 Å². The number of piperazine rings is 1. The number of rotatable bonds is 6. The normalized spacial score (nSPS) is 19.7. The highest BCUT2D eigenvalue weighted by Crippen LogP contribution is 2.40. The third-order valence-corrected chi connectivity index (χ3v) is 9.39. The van der Waals surface area contributed by atoms with Gasteiger partial charge in [-0.1, -0.05) is 25.0 Å². The van der Waals surface area contributed by atoms with Gasteiger partial charge in [0.2, 0.25) is 0 Å². The Hall–Kier alpha value is -2.97. The first kappa shape index (κ1) is 25.3. The summed E-state index contributed by atoms with van der Waals surface area (Å²) in [5.74, 6) is -0.629. The number of carbonyl (C=O) groups is 2. The standard InChI is InChI=1S/C30H34FN3O3S/c1-30(10-2-3-11-30)29(36)37-34-25-18-21(4-5-22(25)6-7-28(34)35)8-12-32-13-15-33(16-14-32)26-19-23(31)20-27-24(26)9-17-38-27/h4-5,9,17-20H,2-3,6-8,10-16H2,1H3. The van der Waals surface area contributed by atoms with Gasteiger partial charge in [0.15, 0.2) is 0 Å². The van der Waals surface area contributed by atoms with Crippen LogP contribution in [-0.4, -0.2) is 49.5 Å². The fourth-order valence-electron chi connectivity index (χ4n) is 6.08. The number of halogens is 1. The number of benzene rings is 2. The molecule has 3 aliphatic rings. The fourth-order valence-corrected chi connectivity index (χ4v) is 6.91. The lowest BCUT2D eigenvalue weighted by Crippen LogP contribution is -2.47. The van der Waals surface area contributed by atoms with Crippen LogP contribution in [0.2, 0.25) is 0 Å². The summed E-state index contributed by atoms with van der Waals surface area (Å²) >= 11 is 1.58. The van der Waals surface area contributed by atoms with E-state index < -0.39 is 5.41 Å². The molecule has 2 aliphatic heterocycles. The van der Waals surface area contributed by atoms with E-state index in [-0.39, 0.29) is 17.7 Å². The molecule has 200 valence electrons. The fraction of sp³-hybridized carbons (Fsp3) is 0.467. The number of thiophene rings is 1. The van der Waals surface area contributed by atoms with Gasteiger partial charge in [0.25, 0.3) is 5.91 Å². The lowest BCUT2D eigenvalue weighted by Gasteiger charge is -2.36. The van der Waals surface area contributed by atoms with E-state index in [4.69, 9.17) is 4.84 Å². The summed E-state index contributed by atoms with van der Waals surface area (Å²) < 4.78 is 15.2. The number of nitrogens with zero attached hydrogens (tertiary/aromatic N) is 3. The largest absolute Gasteiger partial charge is 0.368 e. The Morgan fingerprint density at radius 2 is 1.82 bits per heavy atom. The summed E-state index contributed by atoms with van der Waals surface area (Å²) in [6.45, 7) is 6.38. The second-order valence-corrected chi connectivity index (χ2v) is 12.1. The van der Waals surface area contributed by atoms with E-state index in [9.17, 15) is 14.0 Å². The Balaban J connectivity index is 1.09. The Bertz CT molecular complexity index is 1360. The number of fused-ring (bicyclic) bond motifs is 2. The van der Waals surface area contributed by atoms with Crippen molar-refractivity contribution in [3.05, 3.63) is 58.7 Å². The van der Waals surface area contributed by atoms with Gasteiger partial charge in [0.05, 0.1) is 11.1 Å². The second-order valence-electron chi connectivity index (χ2n) is 11.1. The van der Waals surface area contributed by atoms with Gasteiger partial charge in [0, 0.05) is 54.9 Å². The van der Waals surface area contributed by atoms with Crippen LogP contribution in [0.3, 0.4) is 0 Å². The van der Waals surface area contributed by atoms with Gasteiger partial charge < -0.3 is 9.74 Å². The lowest BCUT2D eigenvalue weighted by molar-refractivity contribution is -0.160. The molecule has 1 saturated heterocycles. The zero-order valence-electron chi connectivity index (χ0n) is 21.9. The van der Waals surface area contributed by atoms with Crippen LogP contribution in [0, 0.1) is 11.2 Å². The van der Waals surface area contributed by atoms with Crippen molar-refractivity contribution >= 4 is 44.7 Å². The maximum absolute atomic E-state index is 14.2. The molecule has 6 rings (SSSR count). The predicted molar refractivity (Wildman–Crippen MR) is 149 cm³/mol. The molecular formula is C30H34FN3O3S. The maximum Gasteiger partial charge on any atom is 0.338 e. The van der Waals surface area contributed by atoms with Crippen LogP contribution >= 0.6 is 11.3 Å². The summed E-state index contributed by atoms with van der Waals surface area (Å²) in [4.78, 5) is 36.2. The first-order chi connectivity index (χ1) is 18.4. The molecule has 6 nitrogen and oxygen atoms in total. The highest BCUT2D eigenvalue weighted by molar-refractivity contribution is 7.17. The lowest BCUT2D eigenvalue weighted by atomic mass is 9.89. The second kappa shape index (κ2) is 10.3. The van der Waals surface area contributed by atoms with Crippen LogP contribution in [-0.2, 0) is 27.3 Å². The Kier molecular flexibility index (Phi) is 6.86. The number of amides is 1. The highest BCUT2D eigenvalue weighted by Gasteiger charge is 2.41. The average molecular weight is 536 g/mol. The van der Waals surface area contributed by atoms with Crippen LogP contribution < -0.4 is 9.96 Å². The molecule has 0 unspecified atom stereocenters. The van der Waals surface area contributed by atoms with Crippen molar-refractivity contribution in [1.82, 2.24) is 4.90 Å². The van der Waals surface area contributed by atoms with Gasteiger partial charge in [-0.25, -0.2) is 9.18 Å². The first-order valence-corrected chi connectivity index (χ1v) is 14.6. The minimum absolute atomic E-state index is 0.155. The molecule has 0 radical (unpaired) electrons. The van der Waals surface area contributed by atoms with E-state index in [2.05, 4.69) is 28.0 Å². The molecule has 0 bridgehead atoms. The summed E-state index contributed by atoms with van der Waals surface area (Å²) in [5, 5.41) is 4.41. The molecule has 1 aromatic heterocycles. The monoisotopic (exact) mass is 535 g/mol. The Morgan fingerprint density at radius 1 is 1.03 bits per heavy atom. The number of anilines is 2. The minimum Gasteiger partial charge on any atom is -0.368 e. The third kappa shape index (κ3) is 4.92. The van der Waals surface area contributed by atoms with Crippen molar-refractivity contribution in [2.24, 2.45) is 5.41 Å². The van der Waals surface area contributed by atoms with Crippen LogP contribution in [0.5, 0.6) is 0 Å². The first-order valence-electron chi connectivity index (χ1n) is 13.7. The van der Waals surface area contributed by atoms with Gasteiger partial charge in [0.1, 0.15) is 5.82 Å². The molecule has 2 fully saturated rings. The average Bonchev–Trinajstić information content (AvgIpc) is 3.58. The Morgan fingerprint density at radius 3 is 2.61 bits per heavy atom. The van der Waals surface area contributed by atoms with Crippen molar-refractivity contribution in [3.63, 3.8) is 0 Å². The highest BCUT2D eigenvalue weighted by atomic mass is 32.1. The SMILES string of the molecule is CC1(C(=O)ON2C(=O)CCc3ccc(CCN4CCN(c5cc(F)cc6sccc56)CC4)cc32)CCCC1. The van der Waals surface area contributed by atoms with Crippen molar-refractivity contribution < 1.29 is 18.8 Å². The molecule has 3 heterocycles. The smallest absolute Gasteiger partial charge is 0.338 e. The molecule has 1 saturated carbocycles. The van der Waals surface area contributed by atoms with Crippen LogP contribution in [0.25, 0.3) is 10.1 Å². The number of hydroxylamine groups is 1. The molecule has 0 N–H and O–H groups in total. The van der Waals surface area contributed by atoms with E-state index in [0.29, 0.717) is 18.5 Å². The molecule has 0 spiro atoms. The third-order valence-electron chi connectivity index (χ3n) is 8.52. The van der Waals surface area contributed by atoms with Gasteiger partial charge in [-0.3, -0.25) is 9.69 Å². The molecule has 3 aromatic rings. The van der Waals surface area contributed by atoms with E-state index >= 15 is 0 Å². The number of aryl methyl sites for hydroxylation is 1. The Labute approximate surface area is 226 Å². The zero-order chi connectivity index (χ0) is 26.3. The predicted octanol–water partition coefficient (Wildman–Crippen LogP) is 5.72. The molecule has 0 atom stereocenters. The van der Waals surface area contributed by atoms with Crippen molar-refractivity contribution in [2.45, 2.75) is 51.9 Å². The molecular weight excluding hydrogens is 501 g/mol. The van der Waals surface area contributed by atoms with Gasteiger partial charge in [-0.15, -0.1) is 16.4 Å².